The van der Waals surface area contributed by atoms with Gasteiger partial charge < -0.3 is 19.5 Å². The fourth-order valence-electron chi connectivity index (χ4n) is 3.19. The summed E-state index contributed by atoms with van der Waals surface area (Å²) < 4.78 is 32.0. The van der Waals surface area contributed by atoms with Crippen LogP contribution in [0.15, 0.2) is 34.8 Å². The van der Waals surface area contributed by atoms with E-state index in [0.29, 0.717) is 39.7 Å². The monoisotopic (exact) mass is 409 g/mol. The lowest BCUT2D eigenvalue weighted by molar-refractivity contribution is 0.0917. The van der Waals surface area contributed by atoms with E-state index in [1.54, 1.807) is 19.2 Å². The molecular formula is C17H13BrFNO3S. The molecule has 4 nitrogen and oxygen atoms in total. The normalized spacial score (nSPS) is 21.5. The molecule has 0 aliphatic carbocycles. The van der Waals surface area contributed by atoms with Crippen LogP contribution in [0, 0.1) is 5.82 Å². The van der Waals surface area contributed by atoms with Crippen molar-refractivity contribution in [3.05, 3.63) is 51.7 Å². The molecule has 0 amide bonds. The van der Waals surface area contributed by atoms with Crippen LogP contribution in [-0.4, -0.2) is 25.3 Å². The van der Waals surface area contributed by atoms with Gasteiger partial charge in [-0.25, -0.2) is 4.39 Å². The molecule has 1 fully saturated rings. The zero-order chi connectivity index (χ0) is 16.9. The summed E-state index contributed by atoms with van der Waals surface area (Å²) in [4.78, 5) is 0.559. The summed E-state index contributed by atoms with van der Waals surface area (Å²) in [6.07, 6.45) is 0. The summed E-state index contributed by atoms with van der Waals surface area (Å²) in [7, 11) is 1.59. The lowest BCUT2D eigenvalue weighted by Crippen LogP contribution is -2.56. The van der Waals surface area contributed by atoms with E-state index < -0.39 is 11.4 Å². The number of hydrogen-bond donors (Lipinski definition) is 1. The van der Waals surface area contributed by atoms with Gasteiger partial charge in [-0.2, -0.15) is 0 Å². The second-order valence-electron chi connectivity index (χ2n) is 5.67. The highest BCUT2D eigenvalue weighted by Crippen LogP contribution is 2.50. The molecule has 2 aromatic rings. The van der Waals surface area contributed by atoms with Gasteiger partial charge in [0, 0.05) is 15.6 Å². The molecule has 124 valence electrons. The van der Waals surface area contributed by atoms with Gasteiger partial charge in [0.05, 0.1) is 20.3 Å². The van der Waals surface area contributed by atoms with Gasteiger partial charge in [-0.1, -0.05) is 28.1 Å². The molecule has 1 saturated heterocycles. The predicted molar refractivity (Wildman–Crippen MR) is 94.5 cm³/mol. The summed E-state index contributed by atoms with van der Waals surface area (Å²) in [5.74, 6) is 0.953. The van der Waals surface area contributed by atoms with Crippen molar-refractivity contribution in [2.45, 2.75) is 5.54 Å². The third kappa shape index (κ3) is 2.30. The molecule has 0 aromatic heterocycles. The number of hydrogen-bond acceptors (Lipinski definition) is 4. The first-order valence-corrected chi connectivity index (χ1v) is 8.48. The Balaban J connectivity index is 2.02. The fourth-order valence-corrected chi connectivity index (χ4v) is 3.88. The number of fused-ring (bicyclic) bond motifs is 4. The molecule has 0 saturated carbocycles. The number of morpholine rings is 1. The molecule has 0 bridgehead atoms. The van der Waals surface area contributed by atoms with Crippen molar-refractivity contribution in [3.8, 4) is 17.2 Å². The minimum Gasteiger partial charge on any atom is -0.497 e. The van der Waals surface area contributed by atoms with Crippen molar-refractivity contribution in [2.24, 2.45) is 0 Å². The summed E-state index contributed by atoms with van der Waals surface area (Å²) in [5.41, 5.74) is 0.614. The molecule has 0 unspecified atom stereocenters. The molecule has 1 atom stereocenters. The first kappa shape index (κ1) is 15.8. The van der Waals surface area contributed by atoms with Gasteiger partial charge in [0.1, 0.15) is 22.0 Å². The summed E-state index contributed by atoms with van der Waals surface area (Å²) in [6.45, 7) is 0.641. The predicted octanol–water partition coefficient (Wildman–Crippen LogP) is 3.89. The lowest BCUT2D eigenvalue weighted by atomic mass is 9.79. The van der Waals surface area contributed by atoms with Gasteiger partial charge in [-0.3, -0.25) is 0 Å². The third-order valence-electron chi connectivity index (χ3n) is 4.23. The molecule has 2 aromatic carbocycles. The lowest BCUT2D eigenvalue weighted by Gasteiger charge is -2.43. The Bertz CT molecular complexity index is 860. The Labute approximate surface area is 152 Å². The number of nitrogens with one attached hydrogen (secondary N) is 1. The third-order valence-corrected chi connectivity index (χ3v) is 4.91. The van der Waals surface area contributed by atoms with E-state index in [1.165, 1.54) is 6.07 Å². The first-order chi connectivity index (χ1) is 11.5. The maximum absolute atomic E-state index is 14.5. The summed E-state index contributed by atoms with van der Waals surface area (Å²) in [5, 5.41) is 3.33. The topological polar surface area (TPSA) is 39.7 Å². The van der Waals surface area contributed by atoms with Crippen molar-refractivity contribution in [1.29, 1.82) is 0 Å². The Kier molecular flexibility index (Phi) is 3.74. The van der Waals surface area contributed by atoms with E-state index in [4.69, 9.17) is 26.4 Å². The maximum Gasteiger partial charge on any atom is 0.169 e. The number of methoxy groups -OCH3 is 1. The van der Waals surface area contributed by atoms with Crippen LogP contribution in [0.4, 0.5) is 4.39 Å². The van der Waals surface area contributed by atoms with Crippen molar-refractivity contribution < 1.29 is 18.6 Å². The van der Waals surface area contributed by atoms with E-state index in [0.717, 1.165) is 5.56 Å². The van der Waals surface area contributed by atoms with Gasteiger partial charge in [0.25, 0.3) is 0 Å². The molecule has 0 radical (unpaired) electrons. The molecule has 2 heterocycles. The van der Waals surface area contributed by atoms with Gasteiger partial charge in [0.2, 0.25) is 0 Å². The van der Waals surface area contributed by atoms with Crippen LogP contribution in [0.5, 0.6) is 17.2 Å². The van der Waals surface area contributed by atoms with Crippen LogP contribution >= 0.6 is 28.1 Å². The smallest absolute Gasteiger partial charge is 0.169 e. The Morgan fingerprint density at radius 3 is 2.88 bits per heavy atom. The van der Waals surface area contributed by atoms with Crippen LogP contribution < -0.4 is 14.8 Å². The minimum atomic E-state index is -0.822. The molecule has 4 rings (SSSR count). The Hall–Kier alpha value is -1.70. The first-order valence-electron chi connectivity index (χ1n) is 7.28. The van der Waals surface area contributed by atoms with Gasteiger partial charge in [-0.05, 0) is 30.3 Å². The second-order valence-corrected chi connectivity index (χ2v) is 7.08. The number of thiocarbonyl (C=S) groups is 1. The van der Waals surface area contributed by atoms with E-state index in [9.17, 15) is 4.39 Å². The highest BCUT2D eigenvalue weighted by molar-refractivity contribution is 9.10. The van der Waals surface area contributed by atoms with Crippen LogP contribution in [0.3, 0.4) is 0 Å². The Morgan fingerprint density at radius 1 is 1.29 bits per heavy atom. The molecule has 1 spiro atoms. The number of rotatable bonds is 1. The fraction of sp³-hybridized carbons (Fsp3) is 0.235. The zero-order valence-electron chi connectivity index (χ0n) is 12.7. The van der Waals surface area contributed by atoms with Crippen LogP contribution in [0.2, 0.25) is 0 Å². The standard InChI is InChI=1S/C17H13BrFNO3S/c1-21-10-2-3-14-11(6-10)17(8-22-7-15(24)20-17)12-4-9(18)5-13(19)16(12)23-14/h2-6H,7-8H2,1H3,(H,20,24)/t17-/m0/s1. The molecule has 2 aliphatic heterocycles. The Morgan fingerprint density at radius 2 is 2.12 bits per heavy atom. The van der Waals surface area contributed by atoms with Crippen LogP contribution in [-0.2, 0) is 10.3 Å². The minimum absolute atomic E-state index is 0.177. The van der Waals surface area contributed by atoms with Crippen LogP contribution in [0.25, 0.3) is 0 Å². The molecule has 7 heteroatoms. The van der Waals surface area contributed by atoms with E-state index in [-0.39, 0.29) is 5.75 Å². The highest BCUT2D eigenvalue weighted by atomic mass is 79.9. The van der Waals surface area contributed by atoms with Crippen molar-refractivity contribution in [2.75, 3.05) is 20.3 Å². The van der Waals surface area contributed by atoms with E-state index in [1.807, 2.05) is 12.1 Å². The number of ether oxygens (including phenoxy) is 3. The van der Waals surface area contributed by atoms with Gasteiger partial charge in [-0.15, -0.1) is 0 Å². The average molecular weight is 410 g/mol. The summed E-state index contributed by atoms with van der Waals surface area (Å²) in [6, 6.07) is 8.60. The molecular weight excluding hydrogens is 397 g/mol. The van der Waals surface area contributed by atoms with E-state index >= 15 is 0 Å². The van der Waals surface area contributed by atoms with Crippen LogP contribution in [0.1, 0.15) is 11.1 Å². The average Bonchev–Trinajstić information content (AvgIpc) is 2.56. The zero-order valence-corrected chi connectivity index (χ0v) is 15.1. The molecule has 1 N–H and O–H groups in total. The van der Waals surface area contributed by atoms with E-state index in [2.05, 4.69) is 21.2 Å². The molecule has 2 aliphatic rings. The maximum atomic E-state index is 14.5. The highest BCUT2D eigenvalue weighted by Gasteiger charge is 2.46. The summed E-state index contributed by atoms with van der Waals surface area (Å²) >= 11 is 8.68. The SMILES string of the molecule is COc1ccc2c(c1)[C@@]1(COCC(=S)N1)c1cc(Br)cc(F)c1O2. The number of halogens is 2. The largest absolute Gasteiger partial charge is 0.497 e. The van der Waals surface area contributed by atoms with Gasteiger partial charge in [0.15, 0.2) is 11.6 Å². The van der Waals surface area contributed by atoms with Gasteiger partial charge >= 0.3 is 0 Å². The quantitative estimate of drug-likeness (QED) is 0.723. The molecule has 24 heavy (non-hydrogen) atoms. The van der Waals surface area contributed by atoms with Crippen molar-refractivity contribution in [3.63, 3.8) is 0 Å². The van der Waals surface area contributed by atoms with Crippen molar-refractivity contribution in [1.82, 2.24) is 5.32 Å². The van der Waals surface area contributed by atoms with Crippen molar-refractivity contribution >= 4 is 33.1 Å². The number of benzene rings is 2. The second kappa shape index (κ2) is 5.68.